The Hall–Kier alpha value is -1.22. The molecule has 0 spiro atoms. The van der Waals surface area contributed by atoms with Crippen molar-refractivity contribution in [2.75, 3.05) is 52.4 Å². The molecule has 0 aromatic carbocycles. The monoisotopic (exact) mass is 374 g/mol. The number of carbonyl (C=O) groups is 2. The van der Waals surface area contributed by atoms with Gasteiger partial charge in [-0.05, 0) is 77.8 Å². The van der Waals surface area contributed by atoms with E-state index in [1.165, 1.54) is 6.92 Å². The van der Waals surface area contributed by atoms with Gasteiger partial charge in [0.05, 0.1) is 0 Å². The lowest BCUT2D eigenvalue weighted by Gasteiger charge is -2.04. The first-order chi connectivity index (χ1) is 12.5. The minimum atomic E-state index is 0.0446. The van der Waals surface area contributed by atoms with Gasteiger partial charge in [0.25, 0.3) is 0 Å². The molecule has 8 N–H and O–H groups in total. The van der Waals surface area contributed by atoms with Crippen LogP contribution in [0.2, 0.25) is 0 Å². The maximum Gasteiger partial charge on any atom is 0.216 e. The number of hydrogen-bond acceptors (Lipinski definition) is 6. The molecule has 0 bridgehead atoms. The first kappa shape index (κ1) is 27.0. The highest BCUT2D eigenvalue weighted by Gasteiger charge is 1.91. The van der Waals surface area contributed by atoms with Crippen molar-refractivity contribution in [2.24, 2.45) is 11.5 Å². The molecule has 0 heterocycles. The van der Waals surface area contributed by atoms with E-state index in [0.29, 0.717) is 0 Å². The lowest BCUT2D eigenvalue weighted by molar-refractivity contribution is -0.119. The van der Waals surface area contributed by atoms with Crippen LogP contribution in [0.3, 0.4) is 0 Å². The van der Waals surface area contributed by atoms with Gasteiger partial charge in [0.1, 0.15) is 0 Å². The lowest BCUT2D eigenvalue weighted by Crippen LogP contribution is -2.25. The van der Waals surface area contributed by atoms with Crippen molar-refractivity contribution in [3.63, 3.8) is 0 Å². The van der Waals surface area contributed by atoms with E-state index in [-0.39, 0.29) is 11.8 Å². The van der Waals surface area contributed by atoms with Gasteiger partial charge in [0, 0.05) is 26.9 Å². The zero-order valence-corrected chi connectivity index (χ0v) is 16.9. The summed E-state index contributed by atoms with van der Waals surface area (Å²) in [5.74, 6) is 0.0965. The van der Waals surface area contributed by atoms with E-state index in [2.05, 4.69) is 21.3 Å². The fraction of sp³-hybridized carbons (Fsp3) is 0.889. The molecule has 0 fully saturated rings. The Morgan fingerprint density at radius 2 is 0.962 bits per heavy atom. The summed E-state index contributed by atoms with van der Waals surface area (Å²) < 4.78 is 0. The SMILES string of the molecule is CC(=O)NCCCCNCCCN.CC(=O)NCCCNCCCCN. The van der Waals surface area contributed by atoms with E-state index >= 15 is 0 Å². The molecule has 0 saturated carbocycles. The molecule has 0 atom stereocenters. The summed E-state index contributed by atoms with van der Waals surface area (Å²) >= 11 is 0. The predicted molar refractivity (Wildman–Crippen MR) is 109 cm³/mol. The lowest BCUT2D eigenvalue weighted by atomic mass is 10.3. The Morgan fingerprint density at radius 1 is 0.577 bits per heavy atom. The summed E-state index contributed by atoms with van der Waals surface area (Å²) in [5.41, 5.74) is 10.7. The molecular weight excluding hydrogens is 332 g/mol. The van der Waals surface area contributed by atoms with Crippen LogP contribution in [0.1, 0.15) is 52.4 Å². The summed E-state index contributed by atoms with van der Waals surface area (Å²) in [7, 11) is 0. The van der Waals surface area contributed by atoms with Crippen molar-refractivity contribution in [3.05, 3.63) is 0 Å². The molecule has 0 unspecified atom stereocenters. The van der Waals surface area contributed by atoms with Gasteiger partial charge in [-0.2, -0.15) is 0 Å². The Balaban J connectivity index is 0. The third-order valence-electron chi connectivity index (χ3n) is 3.42. The molecule has 0 saturated heterocycles. The normalized spacial score (nSPS) is 10.0. The van der Waals surface area contributed by atoms with Crippen molar-refractivity contribution in [2.45, 2.75) is 52.4 Å². The standard InChI is InChI=1S/2C9H21N3O/c1-9(13)12-8-3-2-6-11-7-4-5-10;1-9(13)12-8-4-7-11-6-3-2-5-10/h2*11H,2-8,10H2,1H3,(H,12,13). The Kier molecular flexibility index (Phi) is 24.7. The van der Waals surface area contributed by atoms with Gasteiger partial charge >= 0.3 is 0 Å². The molecule has 0 rings (SSSR count). The number of nitrogens with one attached hydrogen (secondary N) is 4. The second kappa shape index (κ2) is 23.8. The van der Waals surface area contributed by atoms with Crippen LogP contribution in [0, 0.1) is 0 Å². The third-order valence-corrected chi connectivity index (χ3v) is 3.42. The third kappa shape index (κ3) is 30.6. The number of unbranched alkanes of at least 4 members (excludes halogenated alkanes) is 2. The molecule has 0 aliphatic heterocycles. The van der Waals surface area contributed by atoms with Crippen LogP contribution in [-0.2, 0) is 9.59 Å². The molecule has 156 valence electrons. The highest BCUT2D eigenvalue weighted by molar-refractivity contribution is 5.72. The van der Waals surface area contributed by atoms with E-state index in [4.69, 9.17) is 11.5 Å². The molecule has 26 heavy (non-hydrogen) atoms. The number of amides is 2. The van der Waals surface area contributed by atoms with Crippen molar-refractivity contribution in [3.8, 4) is 0 Å². The van der Waals surface area contributed by atoms with Crippen LogP contribution >= 0.6 is 0 Å². The molecule has 0 aromatic rings. The smallest absolute Gasteiger partial charge is 0.216 e. The molecule has 0 aliphatic carbocycles. The van der Waals surface area contributed by atoms with E-state index in [9.17, 15) is 9.59 Å². The number of carbonyl (C=O) groups excluding carboxylic acids is 2. The van der Waals surface area contributed by atoms with Crippen molar-refractivity contribution < 1.29 is 9.59 Å². The van der Waals surface area contributed by atoms with Gasteiger partial charge in [0.2, 0.25) is 11.8 Å². The summed E-state index contributed by atoms with van der Waals surface area (Å²) in [4.78, 5) is 20.9. The first-order valence-corrected chi connectivity index (χ1v) is 9.85. The van der Waals surface area contributed by atoms with Gasteiger partial charge in [0.15, 0.2) is 0 Å². The fourth-order valence-corrected chi connectivity index (χ4v) is 1.99. The summed E-state index contributed by atoms with van der Waals surface area (Å²) in [6.07, 6.45) is 6.38. The van der Waals surface area contributed by atoms with E-state index in [0.717, 1.165) is 90.9 Å². The predicted octanol–water partition coefficient (Wildman–Crippen LogP) is -0.318. The van der Waals surface area contributed by atoms with E-state index in [1.54, 1.807) is 6.92 Å². The van der Waals surface area contributed by atoms with E-state index < -0.39 is 0 Å². The van der Waals surface area contributed by atoms with Gasteiger partial charge in [-0.15, -0.1) is 0 Å². The van der Waals surface area contributed by atoms with Gasteiger partial charge in [-0.3, -0.25) is 9.59 Å². The van der Waals surface area contributed by atoms with Crippen LogP contribution in [0.4, 0.5) is 0 Å². The summed E-state index contributed by atoms with van der Waals surface area (Å²) in [5, 5.41) is 12.1. The average molecular weight is 375 g/mol. The summed E-state index contributed by atoms with van der Waals surface area (Å²) in [6.45, 7) is 10.1. The molecule has 0 aromatic heterocycles. The van der Waals surface area contributed by atoms with Gasteiger partial charge in [-0.1, -0.05) is 0 Å². The van der Waals surface area contributed by atoms with Crippen LogP contribution < -0.4 is 32.7 Å². The maximum absolute atomic E-state index is 10.5. The number of nitrogens with two attached hydrogens (primary N) is 2. The molecule has 0 radical (unpaired) electrons. The molecule has 8 nitrogen and oxygen atoms in total. The highest BCUT2D eigenvalue weighted by atomic mass is 16.1. The van der Waals surface area contributed by atoms with Crippen molar-refractivity contribution in [1.29, 1.82) is 0 Å². The largest absolute Gasteiger partial charge is 0.356 e. The van der Waals surface area contributed by atoms with Crippen molar-refractivity contribution >= 4 is 11.8 Å². The highest BCUT2D eigenvalue weighted by Crippen LogP contribution is 1.84. The number of rotatable bonds is 16. The average Bonchev–Trinajstić information content (AvgIpc) is 2.60. The zero-order chi connectivity index (χ0) is 19.9. The molecule has 0 aliphatic rings. The van der Waals surface area contributed by atoms with Gasteiger partial charge < -0.3 is 32.7 Å². The fourth-order valence-electron chi connectivity index (χ4n) is 1.99. The maximum atomic E-state index is 10.5. The number of hydrogen-bond donors (Lipinski definition) is 6. The second-order valence-corrected chi connectivity index (χ2v) is 6.16. The summed E-state index contributed by atoms with van der Waals surface area (Å²) in [6, 6.07) is 0. The second-order valence-electron chi connectivity index (χ2n) is 6.16. The van der Waals surface area contributed by atoms with Crippen LogP contribution in [0.15, 0.2) is 0 Å². The molecular formula is C18H42N6O2. The Bertz CT molecular complexity index is 286. The first-order valence-electron chi connectivity index (χ1n) is 9.85. The van der Waals surface area contributed by atoms with Crippen molar-refractivity contribution in [1.82, 2.24) is 21.3 Å². The molecule has 2 amide bonds. The van der Waals surface area contributed by atoms with E-state index in [1.807, 2.05) is 0 Å². The van der Waals surface area contributed by atoms with Crippen LogP contribution in [0.5, 0.6) is 0 Å². The minimum Gasteiger partial charge on any atom is -0.356 e. The zero-order valence-electron chi connectivity index (χ0n) is 16.9. The van der Waals surface area contributed by atoms with Gasteiger partial charge in [-0.25, -0.2) is 0 Å². The van der Waals surface area contributed by atoms with Crippen LogP contribution in [0.25, 0.3) is 0 Å². The minimum absolute atomic E-state index is 0.0446. The quantitative estimate of drug-likeness (QED) is 0.205. The topological polar surface area (TPSA) is 134 Å². The molecule has 8 heteroatoms. The Labute approximate surface area is 159 Å². The Morgan fingerprint density at radius 3 is 1.46 bits per heavy atom. The van der Waals surface area contributed by atoms with Crippen LogP contribution in [-0.4, -0.2) is 64.2 Å².